The fourth-order valence-corrected chi connectivity index (χ4v) is 2.40. The predicted molar refractivity (Wildman–Crippen MR) is 60.6 cm³/mol. The van der Waals surface area contributed by atoms with Gasteiger partial charge in [-0.3, -0.25) is 0 Å². The largest absolute Gasteiger partial charge is 0.380 e. The monoisotopic (exact) mass is 199 g/mol. The van der Waals surface area contributed by atoms with Crippen molar-refractivity contribution >= 4 is 0 Å². The molecule has 0 saturated heterocycles. The molecule has 0 unspecified atom stereocenters. The van der Waals surface area contributed by atoms with Gasteiger partial charge in [0.25, 0.3) is 0 Å². The molecule has 0 bridgehead atoms. The fraction of sp³-hybridized carbons (Fsp3) is 1.00. The van der Waals surface area contributed by atoms with Gasteiger partial charge in [-0.15, -0.1) is 0 Å². The third kappa shape index (κ3) is 3.25. The predicted octanol–water partition coefficient (Wildman–Crippen LogP) is 2.72. The van der Waals surface area contributed by atoms with Crippen LogP contribution in [0.25, 0.3) is 0 Å². The molecule has 2 heteroatoms. The van der Waals surface area contributed by atoms with Crippen LogP contribution in [0.4, 0.5) is 0 Å². The van der Waals surface area contributed by atoms with Crippen molar-refractivity contribution in [2.24, 2.45) is 0 Å². The van der Waals surface area contributed by atoms with E-state index >= 15 is 0 Å². The summed E-state index contributed by atoms with van der Waals surface area (Å²) < 4.78 is 5.53. The third-order valence-corrected chi connectivity index (χ3v) is 3.44. The zero-order valence-electron chi connectivity index (χ0n) is 9.88. The smallest absolute Gasteiger partial charge is 0.0724 e. The molecule has 0 aromatic rings. The summed E-state index contributed by atoms with van der Waals surface area (Å²) in [7, 11) is 1.84. The lowest BCUT2D eigenvalue weighted by molar-refractivity contribution is 0.0373. The second kappa shape index (κ2) is 6.41. The van der Waals surface area contributed by atoms with Gasteiger partial charge in [0.05, 0.1) is 6.10 Å². The molecular formula is C12H25NO. The average molecular weight is 199 g/mol. The maximum atomic E-state index is 5.53. The van der Waals surface area contributed by atoms with Crippen molar-refractivity contribution in [3.63, 3.8) is 0 Å². The standard InChI is InChI=1S/C12H25NO/c1-4-10(5-2)13-11-8-6-7-9-12(11)14-3/h10-13H,4-9H2,1-3H3/t11-,12+/m0/s1. The first-order valence-electron chi connectivity index (χ1n) is 6.10. The molecule has 0 amide bonds. The van der Waals surface area contributed by atoms with Crippen LogP contribution in [0.5, 0.6) is 0 Å². The minimum Gasteiger partial charge on any atom is -0.380 e. The maximum Gasteiger partial charge on any atom is 0.0724 e. The van der Waals surface area contributed by atoms with E-state index in [1.165, 1.54) is 38.5 Å². The van der Waals surface area contributed by atoms with E-state index in [2.05, 4.69) is 19.2 Å². The van der Waals surface area contributed by atoms with E-state index in [-0.39, 0.29) is 0 Å². The van der Waals surface area contributed by atoms with Gasteiger partial charge >= 0.3 is 0 Å². The van der Waals surface area contributed by atoms with Crippen molar-refractivity contribution in [2.75, 3.05) is 7.11 Å². The molecule has 1 rings (SSSR count). The third-order valence-electron chi connectivity index (χ3n) is 3.44. The van der Waals surface area contributed by atoms with Crippen molar-refractivity contribution in [1.82, 2.24) is 5.32 Å². The van der Waals surface area contributed by atoms with E-state index in [4.69, 9.17) is 4.74 Å². The summed E-state index contributed by atoms with van der Waals surface area (Å²) in [5, 5.41) is 3.73. The lowest BCUT2D eigenvalue weighted by Gasteiger charge is -2.33. The maximum absolute atomic E-state index is 5.53. The Kier molecular flexibility index (Phi) is 5.49. The molecule has 0 spiro atoms. The highest BCUT2D eigenvalue weighted by Crippen LogP contribution is 2.21. The molecule has 1 aliphatic carbocycles. The molecule has 0 heterocycles. The highest BCUT2D eigenvalue weighted by atomic mass is 16.5. The average Bonchev–Trinajstić information content (AvgIpc) is 2.26. The lowest BCUT2D eigenvalue weighted by atomic mass is 9.91. The lowest BCUT2D eigenvalue weighted by Crippen LogP contribution is -2.47. The van der Waals surface area contributed by atoms with Crippen molar-refractivity contribution in [3.8, 4) is 0 Å². The highest BCUT2D eigenvalue weighted by Gasteiger charge is 2.25. The van der Waals surface area contributed by atoms with Crippen LogP contribution in [-0.4, -0.2) is 25.3 Å². The van der Waals surface area contributed by atoms with Crippen LogP contribution in [0.1, 0.15) is 52.4 Å². The molecule has 84 valence electrons. The molecule has 0 aromatic carbocycles. The first-order chi connectivity index (χ1) is 6.81. The molecule has 1 aliphatic rings. The molecule has 14 heavy (non-hydrogen) atoms. The van der Waals surface area contributed by atoms with E-state index < -0.39 is 0 Å². The van der Waals surface area contributed by atoms with Gasteiger partial charge in [0.1, 0.15) is 0 Å². The van der Waals surface area contributed by atoms with E-state index in [1.807, 2.05) is 7.11 Å². The van der Waals surface area contributed by atoms with Gasteiger partial charge < -0.3 is 10.1 Å². The number of rotatable bonds is 5. The summed E-state index contributed by atoms with van der Waals surface area (Å²) in [6.07, 6.45) is 8.11. The molecule has 0 aromatic heterocycles. The number of ether oxygens (including phenoxy) is 1. The molecular weight excluding hydrogens is 174 g/mol. The van der Waals surface area contributed by atoms with Crippen LogP contribution in [0.15, 0.2) is 0 Å². The quantitative estimate of drug-likeness (QED) is 0.735. The van der Waals surface area contributed by atoms with Crippen LogP contribution >= 0.6 is 0 Å². The summed E-state index contributed by atoms with van der Waals surface area (Å²) in [5.41, 5.74) is 0. The van der Waals surface area contributed by atoms with Gasteiger partial charge in [0, 0.05) is 19.2 Å². The zero-order chi connectivity index (χ0) is 10.4. The van der Waals surface area contributed by atoms with Gasteiger partial charge in [-0.1, -0.05) is 26.7 Å². The topological polar surface area (TPSA) is 21.3 Å². The number of methoxy groups -OCH3 is 1. The first-order valence-corrected chi connectivity index (χ1v) is 6.10. The zero-order valence-corrected chi connectivity index (χ0v) is 9.88. The Balaban J connectivity index is 2.39. The molecule has 0 aliphatic heterocycles. The van der Waals surface area contributed by atoms with Gasteiger partial charge in [0.15, 0.2) is 0 Å². The van der Waals surface area contributed by atoms with Gasteiger partial charge in [-0.2, -0.15) is 0 Å². The second-order valence-corrected chi connectivity index (χ2v) is 4.35. The number of hydrogen-bond acceptors (Lipinski definition) is 2. The molecule has 1 fully saturated rings. The second-order valence-electron chi connectivity index (χ2n) is 4.35. The minimum absolute atomic E-state index is 0.448. The summed E-state index contributed by atoms with van der Waals surface area (Å²) in [6, 6.07) is 1.27. The first kappa shape index (κ1) is 12.0. The van der Waals surface area contributed by atoms with Crippen molar-refractivity contribution in [2.45, 2.75) is 70.6 Å². The normalized spacial score (nSPS) is 28.3. The van der Waals surface area contributed by atoms with Gasteiger partial charge in [-0.05, 0) is 25.7 Å². The van der Waals surface area contributed by atoms with E-state index in [1.54, 1.807) is 0 Å². The van der Waals surface area contributed by atoms with Crippen LogP contribution < -0.4 is 5.32 Å². The minimum atomic E-state index is 0.448. The van der Waals surface area contributed by atoms with Crippen molar-refractivity contribution in [1.29, 1.82) is 0 Å². The Bertz CT molecular complexity index is 145. The Morgan fingerprint density at radius 1 is 1.21 bits per heavy atom. The van der Waals surface area contributed by atoms with Gasteiger partial charge in [-0.25, -0.2) is 0 Å². The Morgan fingerprint density at radius 3 is 2.43 bits per heavy atom. The summed E-state index contributed by atoms with van der Waals surface area (Å²) >= 11 is 0. The Morgan fingerprint density at radius 2 is 1.86 bits per heavy atom. The Labute approximate surface area is 88.4 Å². The van der Waals surface area contributed by atoms with Crippen molar-refractivity contribution < 1.29 is 4.74 Å². The van der Waals surface area contributed by atoms with Crippen molar-refractivity contribution in [3.05, 3.63) is 0 Å². The summed E-state index contributed by atoms with van der Waals surface area (Å²) in [4.78, 5) is 0. The van der Waals surface area contributed by atoms with Crippen LogP contribution in [0, 0.1) is 0 Å². The fourth-order valence-electron chi connectivity index (χ4n) is 2.40. The van der Waals surface area contributed by atoms with Gasteiger partial charge in [0.2, 0.25) is 0 Å². The summed E-state index contributed by atoms with van der Waals surface area (Å²) in [5.74, 6) is 0. The van der Waals surface area contributed by atoms with E-state index in [0.29, 0.717) is 18.2 Å². The molecule has 2 atom stereocenters. The highest BCUT2D eigenvalue weighted by molar-refractivity contribution is 4.83. The molecule has 1 N–H and O–H groups in total. The van der Waals surface area contributed by atoms with Crippen LogP contribution in [-0.2, 0) is 4.74 Å². The molecule has 2 nitrogen and oxygen atoms in total. The van der Waals surface area contributed by atoms with Crippen LogP contribution in [0.3, 0.4) is 0 Å². The SMILES string of the molecule is CCC(CC)N[C@H]1CCCC[C@H]1OC. The van der Waals surface area contributed by atoms with E-state index in [0.717, 1.165) is 0 Å². The summed E-state index contributed by atoms with van der Waals surface area (Å²) in [6.45, 7) is 4.51. The molecule has 1 saturated carbocycles. The number of nitrogens with one attached hydrogen (secondary N) is 1. The number of hydrogen-bond donors (Lipinski definition) is 1. The van der Waals surface area contributed by atoms with E-state index in [9.17, 15) is 0 Å². The van der Waals surface area contributed by atoms with Crippen LogP contribution in [0.2, 0.25) is 0 Å². The Hall–Kier alpha value is -0.0800. The molecule has 0 radical (unpaired) electrons.